The second-order valence-electron chi connectivity index (χ2n) is 4.31. The van der Waals surface area contributed by atoms with Gasteiger partial charge >= 0.3 is 0 Å². The molecule has 0 fully saturated rings. The normalized spacial score (nSPS) is 10.2. The molecule has 0 radical (unpaired) electrons. The lowest BCUT2D eigenvalue weighted by atomic mass is 10.2. The van der Waals surface area contributed by atoms with Crippen LogP contribution in [0.5, 0.6) is 0 Å². The minimum absolute atomic E-state index is 0.105. The zero-order valence-corrected chi connectivity index (χ0v) is 11.1. The highest BCUT2D eigenvalue weighted by molar-refractivity contribution is 6.05. The Morgan fingerprint density at radius 1 is 1.32 bits per heavy atom. The number of aromatic nitrogens is 1. The molecule has 0 aliphatic carbocycles. The fraction of sp³-hybridized carbons (Fsp3) is 0.200. The predicted molar refractivity (Wildman–Crippen MR) is 77.2 cm³/mol. The Kier molecular flexibility index (Phi) is 3.80. The van der Waals surface area contributed by atoms with E-state index in [1.54, 1.807) is 23.2 Å². The molecule has 1 amide bonds. The molecule has 2 rings (SSSR count). The lowest BCUT2D eigenvalue weighted by molar-refractivity contribution is 0.0983. The third-order valence-electron chi connectivity index (χ3n) is 2.96. The van der Waals surface area contributed by atoms with E-state index in [4.69, 9.17) is 5.73 Å². The van der Waals surface area contributed by atoms with Gasteiger partial charge in [-0.2, -0.15) is 0 Å². The number of hydrogen-bond donors (Lipinski definition) is 1. The molecule has 0 bridgehead atoms. The van der Waals surface area contributed by atoms with Gasteiger partial charge in [0.2, 0.25) is 0 Å². The number of aryl methyl sites for hydroxylation is 1. The first-order chi connectivity index (χ1) is 9.13. The van der Waals surface area contributed by atoms with Gasteiger partial charge in [0.1, 0.15) is 5.69 Å². The molecular weight excluding hydrogens is 238 g/mol. The van der Waals surface area contributed by atoms with Crippen molar-refractivity contribution in [1.29, 1.82) is 0 Å². The van der Waals surface area contributed by atoms with E-state index in [1.165, 1.54) is 0 Å². The van der Waals surface area contributed by atoms with E-state index in [0.717, 1.165) is 11.3 Å². The van der Waals surface area contributed by atoms with Crippen LogP contribution in [-0.4, -0.2) is 17.4 Å². The van der Waals surface area contributed by atoms with Gasteiger partial charge in [0.25, 0.3) is 5.91 Å². The van der Waals surface area contributed by atoms with Gasteiger partial charge < -0.3 is 10.6 Å². The van der Waals surface area contributed by atoms with Crippen LogP contribution >= 0.6 is 0 Å². The van der Waals surface area contributed by atoms with Crippen molar-refractivity contribution in [2.24, 2.45) is 0 Å². The van der Waals surface area contributed by atoms with Crippen LogP contribution in [0.25, 0.3) is 0 Å². The first kappa shape index (κ1) is 13.1. The van der Waals surface area contributed by atoms with Crippen LogP contribution in [0, 0.1) is 6.92 Å². The highest BCUT2D eigenvalue weighted by atomic mass is 16.2. The lowest BCUT2D eigenvalue weighted by Gasteiger charge is -2.21. The monoisotopic (exact) mass is 255 g/mol. The van der Waals surface area contributed by atoms with Gasteiger partial charge in [0, 0.05) is 24.1 Å². The molecule has 4 nitrogen and oxygen atoms in total. The molecule has 98 valence electrons. The van der Waals surface area contributed by atoms with Crippen molar-refractivity contribution in [2.45, 2.75) is 13.8 Å². The molecule has 0 saturated heterocycles. The van der Waals surface area contributed by atoms with Crippen LogP contribution < -0.4 is 10.6 Å². The smallest absolute Gasteiger partial charge is 0.277 e. The van der Waals surface area contributed by atoms with Gasteiger partial charge in [0.15, 0.2) is 0 Å². The van der Waals surface area contributed by atoms with Gasteiger partial charge in [-0.15, -0.1) is 0 Å². The van der Waals surface area contributed by atoms with E-state index in [2.05, 4.69) is 4.98 Å². The van der Waals surface area contributed by atoms with Gasteiger partial charge in [-0.1, -0.05) is 12.1 Å². The van der Waals surface area contributed by atoms with Crippen LogP contribution in [0.2, 0.25) is 0 Å². The number of amides is 1. The zero-order valence-electron chi connectivity index (χ0n) is 11.1. The van der Waals surface area contributed by atoms with Gasteiger partial charge in [0.05, 0.1) is 0 Å². The second kappa shape index (κ2) is 5.52. The van der Waals surface area contributed by atoms with Crippen LogP contribution in [0.4, 0.5) is 11.4 Å². The fourth-order valence-corrected chi connectivity index (χ4v) is 1.97. The maximum Gasteiger partial charge on any atom is 0.277 e. The summed E-state index contributed by atoms with van der Waals surface area (Å²) in [7, 11) is 0. The maximum absolute atomic E-state index is 12.5. The summed E-state index contributed by atoms with van der Waals surface area (Å²) in [5.41, 5.74) is 8.54. The average Bonchev–Trinajstić information content (AvgIpc) is 2.40. The molecule has 2 aromatic rings. The SMILES string of the molecule is CCN(C(=O)c1ncccc1C)c1cccc(N)c1. The third-order valence-corrected chi connectivity index (χ3v) is 2.96. The van der Waals surface area contributed by atoms with Crippen molar-refractivity contribution in [2.75, 3.05) is 17.2 Å². The summed E-state index contributed by atoms with van der Waals surface area (Å²) in [4.78, 5) is 18.4. The Labute approximate surface area is 112 Å². The number of carbonyl (C=O) groups is 1. The number of nitrogens with zero attached hydrogens (tertiary/aromatic N) is 2. The molecule has 1 heterocycles. The summed E-state index contributed by atoms with van der Waals surface area (Å²) in [6, 6.07) is 11.0. The summed E-state index contributed by atoms with van der Waals surface area (Å²) in [5, 5.41) is 0. The Balaban J connectivity index is 2.38. The quantitative estimate of drug-likeness (QED) is 0.858. The van der Waals surface area contributed by atoms with E-state index in [-0.39, 0.29) is 5.91 Å². The number of rotatable bonds is 3. The number of nitrogens with two attached hydrogens (primary N) is 1. The fourth-order valence-electron chi connectivity index (χ4n) is 1.97. The molecule has 0 spiro atoms. The topological polar surface area (TPSA) is 59.2 Å². The highest BCUT2D eigenvalue weighted by Crippen LogP contribution is 2.20. The number of carbonyl (C=O) groups excluding carboxylic acids is 1. The van der Waals surface area contributed by atoms with Crippen molar-refractivity contribution in [3.63, 3.8) is 0 Å². The molecule has 0 aliphatic rings. The van der Waals surface area contributed by atoms with E-state index >= 15 is 0 Å². The molecule has 19 heavy (non-hydrogen) atoms. The molecule has 0 aliphatic heterocycles. The largest absolute Gasteiger partial charge is 0.399 e. The molecule has 0 atom stereocenters. The third kappa shape index (κ3) is 2.73. The summed E-state index contributed by atoms with van der Waals surface area (Å²) in [5.74, 6) is -0.105. The van der Waals surface area contributed by atoms with Crippen molar-refractivity contribution < 1.29 is 4.79 Å². The average molecular weight is 255 g/mol. The van der Waals surface area contributed by atoms with Gasteiger partial charge in [-0.05, 0) is 43.7 Å². The van der Waals surface area contributed by atoms with Crippen molar-refractivity contribution >= 4 is 17.3 Å². The molecular formula is C15H17N3O. The number of nitrogen functional groups attached to an aromatic ring is 1. The number of benzene rings is 1. The minimum Gasteiger partial charge on any atom is -0.399 e. The van der Waals surface area contributed by atoms with E-state index in [1.807, 2.05) is 38.1 Å². The first-order valence-corrected chi connectivity index (χ1v) is 6.22. The van der Waals surface area contributed by atoms with Crippen molar-refractivity contribution in [3.8, 4) is 0 Å². The van der Waals surface area contributed by atoms with Crippen LogP contribution in [-0.2, 0) is 0 Å². The van der Waals surface area contributed by atoms with Crippen LogP contribution in [0.3, 0.4) is 0 Å². The van der Waals surface area contributed by atoms with Crippen LogP contribution in [0.1, 0.15) is 23.0 Å². The molecule has 0 unspecified atom stereocenters. The van der Waals surface area contributed by atoms with E-state index in [9.17, 15) is 4.79 Å². The second-order valence-corrected chi connectivity index (χ2v) is 4.31. The molecule has 1 aromatic carbocycles. The summed E-state index contributed by atoms with van der Waals surface area (Å²) in [6.07, 6.45) is 1.63. The summed E-state index contributed by atoms with van der Waals surface area (Å²) in [6.45, 7) is 4.38. The number of hydrogen-bond acceptors (Lipinski definition) is 3. The Bertz CT molecular complexity index is 595. The highest BCUT2D eigenvalue weighted by Gasteiger charge is 2.18. The standard InChI is InChI=1S/C15H17N3O/c1-3-18(13-8-4-7-12(16)10-13)15(19)14-11(2)6-5-9-17-14/h4-10H,3,16H2,1-2H3. The Morgan fingerprint density at radius 3 is 2.74 bits per heavy atom. The molecule has 1 aromatic heterocycles. The van der Waals surface area contributed by atoms with Crippen molar-refractivity contribution in [1.82, 2.24) is 4.98 Å². The van der Waals surface area contributed by atoms with Gasteiger partial charge in [-0.3, -0.25) is 9.78 Å². The summed E-state index contributed by atoms with van der Waals surface area (Å²) >= 11 is 0. The number of pyridine rings is 1. The maximum atomic E-state index is 12.5. The van der Waals surface area contributed by atoms with E-state index < -0.39 is 0 Å². The summed E-state index contributed by atoms with van der Waals surface area (Å²) < 4.78 is 0. The van der Waals surface area contributed by atoms with Crippen LogP contribution in [0.15, 0.2) is 42.6 Å². The zero-order chi connectivity index (χ0) is 13.8. The number of anilines is 2. The predicted octanol–water partition coefficient (Wildman–Crippen LogP) is 2.64. The molecule has 4 heteroatoms. The van der Waals surface area contributed by atoms with Crippen molar-refractivity contribution in [3.05, 3.63) is 53.9 Å². The van der Waals surface area contributed by atoms with E-state index in [0.29, 0.717) is 17.9 Å². The molecule has 2 N–H and O–H groups in total. The van der Waals surface area contributed by atoms with Gasteiger partial charge in [-0.25, -0.2) is 0 Å². The Hall–Kier alpha value is -2.36. The minimum atomic E-state index is -0.105. The first-order valence-electron chi connectivity index (χ1n) is 6.22. The lowest BCUT2D eigenvalue weighted by Crippen LogP contribution is -2.31. The molecule has 0 saturated carbocycles. The Morgan fingerprint density at radius 2 is 2.11 bits per heavy atom.